The second-order valence-electron chi connectivity index (χ2n) is 6.69. The number of carbonyl (C=O) groups is 2. The Morgan fingerprint density at radius 1 is 1.26 bits per heavy atom. The lowest BCUT2D eigenvalue weighted by Crippen LogP contribution is -2.40. The van der Waals surface area contributed by atoms with E-state index in [-0.39, 0.29) is 30.3 Å². The van der Waals surface area contributed by atoms with Crippen LogP contribution in [0.1, 0.15) is 38.2 Å². The summed E-state index contributed by atoms with van der Waals surface area (Å²) in [4.78, 5) is 25.7. The van der Waals surface area contributed by atoms with Gasteiger partial charge in [-0.15, -0.1) is 0 Å². The second kappa shape index (κ2) is 8.11. The van der Waals surface area contributed by atoms with Crippen LogP contribution in [0.15, 0.2) is 30.3 Å². The van der Waals surface area contributed by atoms with Crippen molar-refractivity contribution in [3.63, 3.8) is 0 Å². The monoisotopic (exact) mass is 317 g/mol. The van der Waals surface area contributed by atoms with E-state index in [1.807, 2.05) is 30.3 Å². The molecule has 1 heterocycles. The SMILES string of the molecule is CC(C)CCC(=O)NCC(=O)N1C[C@@H](N)[C@H](c2ccccc2)C1. The summed E-state index contributed by atoms with van der Waals surface area (Å²) < 4.78 is 0. The molecule has 5 heteroatoms. The predicted octanol–water partition coefficient (Wildman–Crippen LogP) is 1.49. The quantitative estimate of drug-likeness (QED) is 0.835. The minimum atomic E-state index is -0.0600. The molecule has 2 atom stereocenters. The zero-order valence-corrected chi connectivity index (χ0v) is 14.0. The van der Waals surface area contributed by atoms with Crippen molar-refractivity contribution in [3.05, 3.63) is 35.9 Å². The molecule has 0 radical (unpaired) electrons. The first-order valence-corrected chi connectivity index (χ1v) is 8.32. The van der Waals surface area contributed by atoms with Crippen molar-refractivity contribution in [2.75, 3.05) is 19.6 Å². The Kier molecular flexibility index (Phi) is 6.16. The Morgan fingerprint density at radius 3 is 2.61 bits per heavy atom. The summed E-state index contributed by atoms with van der Waals surface area (Å²) >= 11 is 0. The summed E-state index contributed by atoms with van der Waals surface area (Å²) in [5, 5.41) is 2.71. The molecule has 0 aromatic heterocycles. The van der Waals surface area contributed by atoms with Gasteiger partial charge in [-0.05, 0) is 17.9 Å². The van der Waals surface area contributed by atoms with Crippen LogP contribution in [0.4, 0.5) is 0 Å². The molecule has 3 N–H and O–H groups in total. The highest BCUT2D eigenvalue weighted by atomic mass is 16.2. The maximum atomic E-state index is 12.3. The van der Waals surface area contributed by atoms with E-state index in [0.717, 1.165) is 12.0 Å². The summed E-state index contributed by atoms with van der Waals surface area (Å²) in [7, 11) is 0. The van der Waals surface area contributed by atoms with Crippen molar-refractivity contribution in [2.24, 2.45) is 11.7 Å². The summed E-state index contributed by atoms with van der Waals surface area (Å²) in [6, 6.07) is 9.99. The number of nitrogens with zero attached hydrogens (tertiary/aromatic N) is 1. The van der Waals surface area contributed by atoms with E-state index in [2.05, 4.69) is 19.2 Å². The standard InChI is InChI=1S/C18H27N3O2/c1-13(2)8-9-17(22)20-10-18(23)21-11-15(16(19)12-21)14-6-4-3-5-7-14/h3-7,13,15-16H,8-12,19H2,1-2H3,(H,20,22)/t15-,16+/m0/s1. The van der Waals surface area contributed by atoms with Crippen LogP contribution in [-0.2, 0) is 9.59 Å². The summed E-state index contributed by atoms with van der Waals surface area (Å²) in [5.74, 6) is 0.531. The third kappa shape index (κ3) is 5.06. The Labute approximate surface area is 138 Å². The van der Waals surface area contributed by atoms with Crippen molar-refractivity contribution in [3.8, 4) is 0 Å². The maximum Gasteiger partial charge on any atom is 0.242 e. The third-order valence-electron chi connectivity index (χ3n) is 4.33. The molecule has 0 unspecified atom stereocenters. The van der Waals surface area contributed by atoms with Crippen molar-refractivity contribution < 1.29 is 9.59 Å². The molecule has 1 saturated heterocycles. The molecule has 126 valence electrons. The van der Waals surface area contributed by atoms with Crippen LogP contribution in [0, 0.1) is 5.92 Å². The zero-order chi connectivity index (χ0) is 16.8. The minimum absolute atomic E-state index is 0.0574. The number of nitrogens with two attached hydrogens (primary N) is 1. The van der Waals surface area contributed by atoms with Gasteiger partial charge in [0.25, 0.3) is 0 Å². The Bertz CT molecular complexity index is 530. The van der Waals surface area contributed by atoms with Crippen LogP contribution in [0.25, 0.3) is 0 Å². The molecule has 1 fully saturated rings. The molecule has 0 saturated carbocycles. The zero-order valence-electron chi connectivity index (χ0n) is 14.0. The van der Waals surface area contributed by atoms with Crippen molar-refractivity contribution >= 4 is 11.8 Å². The molecule has 1 aromatic rings. The lowest BCUT2D eigenvalue weighted by atomic mass is 9.95. The fourth-order valence-corrected chi connectivity index (χ4v) is 2.88. The molecule has 0 spiro atoms. The molecular formula is C18H27N3O2. The number of nitrogens with one attached hydrogen (secondary N) is 1. The molecule has 5 nitrogen and oxygen atoms in total. The maximum absolute atomic E-state index is 12.3. The highest BCUT2D eigenvalue weighted by Gasteiger charge is 2.33. The van der Waals surface area contributed by atoms with Gasteiger partial charge in [-0.2, -0.15) is 0 Å². The molecule has 1 aromatic carbocycles. The van der Waals surface area contributed by atoms with Gasteiger partial charge < -0.3 is 16.0 Å². The van der Waals surface area contributed by atoms with Crippen LogP contribution in [0.5, 0.6) is 0 Å². The average molecular weight is 317 g/mol. The van der Waals surface area contributed by atoms with Gasteiger partial charge in [0.15, 0.2) is 0 Å². The van der Waals surface area contributed by atoms with E-state index in [4.69, 9.17) is 5.73 Å². The first-order chi connectivity index (χ1) is 11.0. The van der Waals surface area contributed by atoms with Gasteiger partial charge in [-0.3, -0.25) is 9.59 Å². The Morgan fingerprint density at radius 2 is 1.96 bits per heavy atom. The van der Waals surface area contributed by atoms with Crippen molar-refractivity contribution in [1.29, 1.82) is 0 Å². The second-order valence-corrected chi connectivity index (χ2v) is 6.69. The topological polar surface area (TPSA) is 75.4 Å². The Hall–Kier alpha value is -1.88. The van der Waals surface area contributed by atoms with Crippen molar-refractivity contribution in [2.45, 2.75) is 38.6 Å². The first kappa shape index (κ1) is 17.5. The van der Waals surface area contributed by atoms with Gasteiger partial charge in [0, 0.05) is 31.5 Å². The van der Waals surface area contributed by atoms with Crippen LogP contribution < -0.4 is 11.1 Å². The van der Waals surface area contributed by atoms with E-state index >= 15 is 0 Å². The van der Waals surface area contributed by atoms with E-state index in [9.17, 15) is 9.59 Å². The summed E-state index contributed by atoms with van der Waals surface area (Å²) in [6.07, 6.45) is 1.31. The van der Waals surface area contributed by atoms with Crippen LogP contribution in [0.3, 0.4) is 0 Å². The number of carbonyl (C=O) groups excluding carboxylic acids is 2. The summed E-state index contributed by atoms with van der Waals surface area (Å²) in [6.45, 7) is 5.37. The molecular weight excluding hydrogens is 290 g/mol. The van der Waals surface area contributed by atoms with Crippen LogP contribution >= 0.6 is 0 Å². The molecule has 0 aliphatic carbocycles. The number of amides is 2. The fraction of sp³-hybridized carbons (Fsp3) is 0.556. The fourth-order valence-electron chi connectivity index (χ4n) is 2.88. The number of benzene rings is 1. The van der Waals surface area contributed by atoms with Gasteiger partial charge in [0.1, 0.15) is 0 Å². The van der Waals surface area contributed by atoms with E-state index in [0.29, 0.717) is 25.4 Å². The molecule has 2 rings (SSSR count). The van der Waals surface area contributed by atoms with Gasteiger partial charge in [0.2, 0.25) is 11.8 Å². The number of likely N-dealkylation sites (tertiary alicyclic amines) is 1. The van der Waals surface area contributed by atoms with E-state index in [1.54, 1.807) is 4.90 Å². The molecule has 1 aliphatic heterocycles. The Balaban J connectivity index is 1.81. The van der Waals surface area contributed by atoms with Crippen LogP contribution in [-0.4, -0.2) is 42.4 Å². The average Bonchev–Trinajstić information content (AvgIpc) is 2.93. The van der Waals surface area contributed by atoms with Gasteiger partial charge in [-0.25, -0.2) is 0 Å². The summed E-state index contributed by atoms with van der Waals surface area (Å²) in [5.41, 5.74) is 7.36. The molecule has 23 heavy (non-hydrogen) atoms. The molecule has 0 bridgehead atoms. The van der Waals surface area contributed by atoms with E-state index in [1.165, 1.54) is 0 Å². The van der Waals surface area contributed by atoms with Gasteiger partial charge in [0.05, 0.1) is 6.54 Å². The minimum Gasteiger partial charge on any atom is -0.347 e. The largest absolute Gasteiger partial charge is 0.347 e. The number of hydrogen-bond acceptors (Lipinski definition) is 3. The number of rotatable bonds is 6. The van der Waals surface area contributed by atoms with Gasteiger partial charge >= 0.3 is 0 Å². The third-order valence-corrected chi connectivity index (χ3v) is 4.33. The highest BCUT2D eigenvalue weighted by Crippen LogP contribution is 2.26. The predicted molar refractivity (Wildman–Crippen MR) is 90.8 cm³/mol. The lowest BCUT2D eigenvalue weighted by Gasteiger charge is -2.17. The van der Waals surface area contributed by atoms with E-state index < -0.39 is 0 Å². The number of hydrogen-bond donors (Lipinski definition) is 2. The van der Waals surface area contributed by atoms with Crippen LogP contribution in [0.2, 0.25) is 0 Å². The highest BCUT2D eigenvalue weighted by molar-refractivity contribution is 5.85. The lowest BCUT2D eigenvalue weighted by molar-refractivity contribution is -0.132. The van der Waals surface area contributed by atoms with Crippen molar-refractivity contribution in [1.82, 2.24) is 10.2 Å². The first-order valence-electron chi connectivity index (χ1n) is 8.32. The molecule has 1 aliphatic rings. The smallest absolute Gasteiger partial charge is 0.242 e. The normalized spacial score (nSPS) is 20.8. The molecule has 2 amide bonds. The van der Waals surface area contributed by atoms with Gasteiger partial charge in [-0.1, -0.05) is 44.2 Å².